The summed E-state index contributed by atoms with van der Waals surface area (Å²) in [5, 5.41) is 5.86. The maximum absolute atomic E-state index is 14.9. The zero-order valence-electron chi connectivity index (χ0n) is 20.6. The predicted molar refractivity (Wildman–Crippen MR) is 132 cm³/mol. The molecule has 0 unspecified atom stereocenters. The largest absolute Gasteiger partial charge is 0.375 e. The molecular formula is C26H32FN5O3. The maximum Gasteiger partial charge on any atom is 0.246 e. The average molecular weight is 482 g/mol. The molecule has 35 heavy (non-hydrogen) atoms. The van der Waals surface area contributed by atoms with Gasteiger partial charge in [-0.3, -0.25) is 9.59 Å². The van der Waals surface area contributed by atoms with Crippen LogP contribution in [-0.4, -0.2) is 46.1 Å². The summed E-state index contributed by atoms with van der Waals surface area (Å²) in [4.78, 5) is 33.5. The van der Waals surface area contributed by atoms with Crippen molar-refractivity contribution in [3.63, 3.8) is 0 Å². The van der Waals surface area contributed by atoms with Crippen molar-refractivity contribution in [1.29, 1.82) is 0 Å². The minimum Gasteiger partial charge on any atom is -0.375 e. The number of nitrogens with zero attached hydrogens (tertiary/aromatic N) is 3. The van der Waals surface area contributed by atoms with Gasteiger partial charge in [0.1, 0.15) is 17.9 Å². The number of nitrogens with one attached hydrogen (secondary N) is 2. The second-order valence-electron chi connectivity index (χ2n) is 9.51. The van der Waals surface area contributed by atoms with Gasteiger partial charge < -0.3 is 19.9 Å². The Balaban J connectivity index is 1.53. The number of fused-ring (bicyclic) bond motifs is 1. The Morgan fingerprint density at radius 3 is 2.77 bits per heavy atom. The number of pyridine rings is 1. The first-order valence-corrected chi connectivity index (χ1v) is 12.0. The van der Waals surface area contributed by atoms with Crippen LogP contribution in [0.25, 0.3) is 22.2 Å². The number of methoxy groups -OCH3 is 1. The third-order valence-electron chi connectivity index (χ3n) is 6.54. The van der Waals surface area contributed by atoms with Gasteiger partial charge in [-0.1, -0.05) is 6.42 Å². The Labute approximate surface area is 204 Å². The molecule has 2 heterocycles. The topological polar surface area (TPSA) is 98.1 Å². The van der Waals surface area contributed by atoms with E-state index in [0.29, 0.717) is 23.3 Å². The Morgan fingerprint density at radius 2 is 2.03 bits per heavy atom. The highest BCUT2D eigenvalue weighted by Gasteiger charge is 2.28. The van der Waals surface area contributed by atoms with E-state index in [4.69, 9.17) is 4.74 Å². The fourth-order valence-electron chi connectivity index (χ4n) is 4.75. The fourth-order valence-corrected chi connectivity index (χ4v) is 4.75. The lowest BCUT2D eigenvalue weighted by atomic mass is 9.85. The van der Waals surface area contributed by atoms with Crippen LogP contribution in [0.1, 0.15) is 51.1 Å². The molecule has 2 atom stereocenters. The Kier molecular flexibility index (Phi) is 7.45. The predicted octanol–water partition coefficient (Wildman–Crippen LogP) is 4.39. The summed E-state index contributed by atoms with van der Waals surface area (Å²) in [6.07, 6.45) is 6.35. The number of amides is 2. The number of aryl methyl sites for hydroxylation is 1. The second kappa shape index (κ2) is 10.5. The molecule has 1 aliphatic carbocycles. The summed E-state index contributed by atoms with van der Waals surface area (Å²) < 4.78 is 21.7. The van der Waals surface area contributed by atoms with Crippen molar-refractivity contribution in [2.75, 3.05) is 19.0 Å². The van der Waals surface area contributed by atoms with E-state index in [1.54, 1.807) is 18.6 Å². The molecule has 8 nitrogen and oxygen atoms in total. The van der Waals surface area contributed by atoms with Crippen molar-refractivity contribution >= 4 is 28.7 Å². The molecule has 4 rings (SSSR count). The Bertz CT molecular complexity index is 1240. The molecule has 1 fully saturated rings. The van der Waals surface area contributed by atoms with Crippen LogP contribution in [0.3, 0.4) is 0 Å². The van der Waals surface area contributed by atoms with Gasteiger partial charge in [-0.05, 0) is 74.9 Å². The zero-order valence-corrected chi connectivity index (χ0v) is 20.6. The summed E-state index contributed by atoms with van der Waals surface area (Å²) >= 11 is 0. The van der Waals surface area contributed by atoms with Crippen molar-refractivity contribution in [1.82, 2.24) is 19.9 Å². The highest BCUT2D eigenvalue weighted by atomic mass is 19.1. The van der Waals surface area contributed by atoms with Crippen LogP contribution in [0.5, 0.6) is 0 Å². The first-order valence-electron chi connectivity index (χ1n) is 12.0. The number of aromatic nitrogens is 3. The van der Waals surface area contributed by atoms with E-state index in [1.165, 1.54) is 13.2 Å². The van der Waals surface area contributed by atoms with Gasteiger partial charge in [0.05, 0.1) is 11.8 Å². The number of carbonyl (C=O) groups is 2. The number of anilines is 1. The molecule has 0 radical (unpaired) electrons. The van der Waals surface area contributed by atoms with E-state index in [1.807, 2.05) is 31.4 Å². The minimum absolute atomic E-state index is 0.00771. The van der Waals surface area contributed by atoms with Gasteiger partial charge in [-0.25, -0.2) is 14.4 Å². The lowest BCUT2D eigenvalue weighted by Crippen LogP contribution is -2.42. The molecule has 0 bridgehead atoms. The lowest BCUT2D eigenvalue weighted by Gasteiger charge is -2.29. The zero-order chi connectivity index (χ0) is 25.1. The van der Waals surface area contributed by atoms with Gasteiger partial charge >= 0.3 is 0 Å². The molecular weight excluding hydrogens is 449 g/mol. The van der Waals surface area contributed by atoms with Gasteiger partial charge in [-0.2, -0.15) is 0 Å². The van der Waals surface area contributed by atoms with Gasteiger partial charge in [0.2, 0.25) is 11.8 Å². The molecule has 186 valence electrons. The van der Waals surface area contributed by atoms with E-state index in [9.17, 15) is 14.0 Å². The number of hydrogen-bond acceptors (Lipinski definition) is 5. The van der Waals surface area contributed by atoms with E-state index in [0.717, 1.165) is 35.9 Å². The number of benzene rings is 1. The molecule has 1 aliphatic rings. The molecule has 9 heteroatoms. The van der Waals surface area contributed by atoms with E-state index in [2.05, 4.69) is 20.6 Å². The smallest absolute Gasteiger partial charge is 0.246 e. The summed E-state index contributed by atoms with van der Waals surface area (Å²) in [6, 6.07) is 5.27. The first-order chi connectivity index (χ1) is 16.8. The quantitative estimate of drug-likeness (QED) is 0.522. The number of hydrogen-bond donors (Lipinski definition) is 2. The highest BCUT2D eigenvalue weighted by molar-refractivity contribution is 5.93. The van der Waals surface area contributed by atoms with Crippen molar-refractivity contribution in [2.45, 2.75) is 58.5 Å². The van der Waals surface area contributed by atoms with Gasteiger partial charge in [0, 0.05) is 31.3 Å². The van der Waals surface area contributed by atoms with Crippen molar-refractivity contribution in [3.05, 3.63) is 42.1 Å². The standard InChI is InChI=1S/C26H32FN5O3/c1-15(2)32-14-29-25-21(27)9-18(10-22(25)32)20-11-23(28-12-16(20)3)31-26(34)17-6-5-7-19(8-17)30-24(33)13-35-4/h9-12,14-15,17,19H,5-8,13H2,1-4H3,(H,30,33)(H,28,31,34)/t17-,19+/m0/s1. The van der Waals surface area contributed by atoms with Crippen LogP contribution in [0.2, 0.25) is 0 Å². The molecule has 2 aromatic heterocycles. The van der Waals surface area contributed by atoms with Crippen molar-refractivity contribution < 1.29 is 18.7 Å². The van der Waals surface area contributed by atoms with Crippen LogP contribution in [0.4, 0.5) is 10.2 Å². The Morgan fingerprint density at radius 1 is 1.23 bits per heavy atom. The molecule has 1 saturated carbocycles. The summed E-state index contributed by atoms with van der Waals surface area (Å²) in [7, 11) is 1.48. The average Bonchev–Trinajstić information content (AvgIpc) is 3.25. The molecule has 0 saturated heterocycles. The number of rotatable bonds is 7. The second-order valence-corrected chi connectivity index (χ2v) is 9.51. The van der Waals surface area contributed by atoms with Crippen molar-refractivity contribution in [2.24, 2.45) is 5.92 Å². The van der Waals surface area contributed by atoms with Crippen LogP contribution in [-0.2, 0) is 14.3 Å². The summed E-state index contributed by atoms with van der Waals surface area (Å²) in [6.45, 7) is 5.96. The summed E-state index contributed by atoms with van der Waals surface area (Å²) in [5.41, 5.74) is 3.43. The lowest BCUT2D eigenvalue weighted by molar-refractivity contribution is -0.127. The summed E-state index contributed by atoms with van der Waals surface area (Å²) in [5.74, 6) is -0.497. The SMILES string of the molecule is COCC(=O)N[C@@H]1CCC[C@H](C(=O)Nc2cc(-c3cc(F)c4ncn(C(C)C)c4c3)c(C)cn2)C1. The molecule has 0 aliphatic heterocycles. The van der Waals surface area contributed by atoms with Crippen molar-refractivity contribution in [3.8, 4) is 11.1 Å². The third kappa shape index (κ3) is 5.51. The highest BCUT2D eigenvalue weighted by Crippen LogP contribution is 2.31. The molecule has 0 spiro atoms. The van der Waals surface area contributed by atoms with Gasteiger partial charge in [0.15, 0.2) is 5.82 Å². The molecule has 1 aromatic carbocycles. The third-order valence-corrected chi connectivity index (χ3v) is 6.54. The molecule has 2 N–H and O–H groups in total. The van der Waals surface area contributed by atoms with Crippen LogP contribution in [0, 0.1) is 18.7 Å². The van der Waals surface area contributed by atoms with Crippen LogP contribution in [0.15, 0.2) is 30.7 Å². The van der Waals surface area contributed by atoms with Crippen LogP contribution >= 0.6 is 0 Å². The van der Waals surface area contributed by atoms with E-state index < -0.39 is 0 Å². The number of ether oxygens (including phenoxy) is 1. The van der Waals surface area contributed by atoms with E-state index >= 15 is 0 Å². The molecule has 3 aromatic rings. The number of imidazole rings is 1. The molecule has 2 amide bonds. The van der Waals surface area contributed by atoms with Gasteiger partial charge in [0.25, 0.3) is 0 Å². The number of halogens is 1. The Hall–Kier alpha value is -3.33. The van der Waals surface area contributed by atoms with Gasteiger partial charge in [-0.15, -0.1) is 0 Å². The normalized spacial score (nSPS) is 18.1. The number of carbonyl (C=O) groups excluding carboxylic acids is 2. The monoisotopic (exact) mass is 481 g/mol. The van der Waals surface area contributed by atoms with Crippen LogP contribution < -0.4 is 10.6 Å². The minimum atomic E-state index is -0.387. The fraction of sp³-hybridized carbons (Fsp3) is 0.462. The first kappa shape index (κ1) is 24.8. The maximum atomic E-state index is 14.9. The van der Waals surface area contributed by atoms with E-state index in [-0.39, 0.29) is 42.2 Å².